The minimum atomic E-state index is -0.753. The van der Waals surface area contributed by atoms with E-state index < -0.39 is 5.82 Å². The summed E-state index contributed by atoms with van der Waals surface area (Å²) in [7, 11) is 0. The SMILES string of the molecule is [C-]#[N+]c1ccc(Nc2ncnc(OC3CN(C(=O)OC4(C)CC4)C4CC34)c2F)c(Cl)c1. The van der Waals surface area contributed by atoms with Gasteiger partial charge in [-0.25, -0.2) is 14.6 Å². The molecule has 10 heteroatoms. The summed E-state index contributed by atoms with van der Waals surface area (Å²) in [5.41, 5.74) is 0.443. The monoisotopic (exact) mass is 443 g/mol. The van der Waals surface area contributed by atoms with Crippen molar-refractivity contribution in [3.8, 4) is 5.88 Å². The lowest BCUT2D eigenvalue weighted by Gasteiger charge is -2.23. The molecule has 3 aliphatic rings. The highest BCUT2D eigenvalue weighted by Crippen LogP contribution is 2.48. The van der Waals surface area contributed by atoms with Gasteiger partial charge in [0.05, 0.1) is 23.8 Å². The maximum Gasteiger partial charge on any atom is 0.410 e. The number of anilines is 2. The quantitative estimate of drug-likeness (QED) is 0.674. The van der Waals surface area contributed by atoms with Crippen LogP contribution in [0.3, 0.4) is 0 Å². The molecule has 0 bridgehead atoms. The van der Waals surface area contributed by atoms with Crippen LogP contribution in [0.2, 0.25) is 5.02 Å². The standard InChI is InChI=1S/C21H19ClFN5O3/c1-21(5-6-21)31-20(29)28-9-16(12-8-15(12)28)30-19-17(23)18(25-10-26-19)27-14-4-3-11(24-2)7-13(14)22/h3-4,7,10,12,15-16H,5-6,8-9H2,1H3,(H,25,26,27). The molecular weight excluding hydrogens is 425 g/mol. The Morgan fingerprint density at radius 3 is 2.94 bits per heavy atom. The zero-order valence-corrected chi connectivity index (χ0v) is 17.4. The zero-order chi connectivity index (χ0) is 21.8. The number of hydrogen-bond donors (Lipinski definition) is 1. The first kappa shape index (κ1) is 19.8. The van der Waals surface area contributed by atoms with Crippen molar-refractivity contribution in [2.24, 2.45) is 5.92 Å². The van der Waals surface area contributed by atoms with E-state index in [1.54, 1.807) is 17.0 Å². The van der Waals surface area contributed by atoms with Gasteiger partial charge in [0, 0.05) is 12.0 Å². The number of ether oxygens (including phenoxy) is 2. The molecule has 0 spiro atoms. The van der Waals surface area contributed by atoms with Crippen molar-refractivity contribution in [1.29, 1.82) is 0 Å². The van der Waals surface area contributed by atoms with E-state index in [0.717, 1.165) is 19.3 Å². The molecule has 160 valence electrons. The van der Waals surface area contributed by atoms with E-state index in [2.05, 4.69) is 20.1 Å². The van der Waals surface area contributed by atoms with E-state index in [4.69, 9.17) is 27.6 Å². The number of piperidine rings is 1. The Labute approximate surface area is 183 Å². The molecule has 2 aromatic rings. The average molecular weight is 444 g/mol. The van der Waals surface area contributed by atoms with E-state index in [1.807, 2.05) is 6.92 Å². The Kier molecular flexibility index (Phi) is 4.63. The van der Waals surface area contributed by atoms with Crippen LogP contribution >= 0.6 is 11.6 Å². The van der Waals surface area contributed by atoms with Crippen LogP contribution in [0.4, 0.5) is 26.4 Å². The van der Waals surface area contributed by atoms with Gasteiger partial charge in [0.1, 0.15) is 18.0 Å². The molecule has 1 amide bonds. The highest BCUT2D eigenvalue weighted by Gasteiger charge is 2.58. The van der Waals surface area contributed by atoms with Gasteiger partial charge in [-0.05, 0) is 38.3 Å². The lowest BCUT2D eigenvalue weighted by Crippen LogP contribution is -2.37. The summed E-state index contributed by atoms with van der Waals surface area (Å²) < 4.78 is 26.4. The lowest BCUT2D eigenvalue weighted by molar-refractivity contribution is 0.0546. The van der Waals surface area contributed by atoms with Gasteiger partial charge in [-0.2, -0.15) is 9.37 Å². The van der Waals surface area contributed by atoms with E-state index in [1.165, 1.54) is 12.4 Å². The Morgan fingerprint density at radius 2 is 2.23 bits per heavy atom. The highest BCUT2D eigenvalue weighted by atomic mass is 35.5. The summed E-state index contributed by atoms with van der Waals surface area (Å²) in [6.07, 6.45) is 3.07. The summed E-state index contributed by atoms with van der Waals surface area (Å²) in [6.45, 7) is 9.28. The Hall–Kier alpha value is -3.12. The topological polar surface area (TPSA) is 80.9 Å². The van der Waals surface area contributed by atoms with Crippen molar-refractivity contribution in [3.05, 3.63) is 46.8 Å². The number of benzene rings is 1. The van der Waals surface area contributed by atoms with Crippen molar-refractivity contribution in [1.82, 2.24) is 14.9 Å². The van der Waals surface area contributed by atoms with Gasteiger partial charge in [-0.3, -0.25) is 0 Å². The number of likely N-dealkylation sites (tertiary alicyclic amines) is 1. The first-order valence-corrected chi connectivity index (χ1v) is 10.4. The number of hydrogen-bond acceptors (Lipinski definition) is 6. The Bertz CT molecular complexity index is 1100. The van der Waals surface area contributed by atoms with Gasteiger partial charge in [-0.15, -0.1) is 0 Å². The molecule has 1 aliphatic heterocycles. The summed E-state index contributed by atoms with van der Waals surface area (Å²) in [4.78, 5) is 25.3. The number of aromatic nitrogens is 2. The summed E-state index contributed by atoms with van der Waals surface area (Å²) >= 11 is 6.16. The molecule has 1 saturated heterocycles. The molecule has 8 nitrogen and oxygen atoms in total. The highest BCUT2D eigenvalue weighted by molar-refractivity contribution is 6.33. The van der Waals surface area contributed by atoms with Gasteiger partial charge in [0.15, 0.2) is 11.5 Å². The van der Waals surface area contributed by atoms with E-state index in [0.29, 0.717) is 17.9 Å². The number of amides is 1. The Balaban J connectivity index is 1.28. The number of halogens is 2. The fraction of sp³-hybridized carbons (Fsp3) is 0.429. The molecule has 1 N–H and O–H groups in total. The fourth-order valence-corrected chi connectivity index (χ4v) is 4.00. The zero-order valence-electron chi connectivity index (χ0n) is 16.6. The van der Waals surface area contributed by atoms with Crippen molar-refractivity contribution < 1.29 is 18.7 Å². The van der Waals surface area contributed by atoms with Crippen molar-refractivity contribution in [2.75, 3.05) is 11.9 Å². The van der Waals surface area contributed by atoms with E-state index in [-0.39, 0.29) is 46.5 Å². The molecule has 3 atom stereocenters. The van der Waals surface area contributed by atoms with Crippen LogP contribution in [0, 0.1) is 18.3 Å². The van der Waals surface area contributed by atoms with Gasteiger partial charge in [0.2, 0.25) is 5.82 Å². The molecule has 3 fully saturated rings. The molecule has 2 aliphatic carbocycles. The van der Waals surface area contributed by atoms with Gasteiger partial charge in [0.25, 0.3) is 5.88 Å². The smallest absolute Gasteiger partial charge is 0.410 e. The first-order valence-electron chi connectivity index (χ1n) is 9.98. The number of fused-ring (bicyclic) bond motifs is 1. The van der Waals surface area contributed by atoms with Crippen LogP contribution < -0.4 is 10.1 Å². The van der Waals surface area contributed by atoms with Crippen LogP contribution in [-0.2, 0) is 4.74 Å². The summed E-state index contributed by atoms with van der Waals surface area (Å²) in [5.74, 6) is -0.894. The minimum absolute atomic E-state index is 0.0714. The van der Waals surface area contributed by atoms with Gasteiger partial charge in [-0.1, -0.05) is 17.7 Å². The Morgan fingerprint density at radius 1 is 1.42 bits per heavy atom. The predicted octanol–water partition coefficient (Wildman–Crippen LogP) is 4.70. The van der Waals surface area contributed by atoms with Crippen LogP contribution in [0.5, 0.6) is 5.88 Å². The molecule has 0 radical (unpaired) electrons. The molecule has 2 saturated carbocycles. The average Bonchev–Trinajstić information content (AvgIpc) is 3.65. The lowest BCUT2D eigenvalue weighted by atomic mass is 10.2. The summed E-state index contributed by atoms with van der Waals surface area (Å²) in [6, 6.07) is 4.70. The van der Waals surface area contributed by atoms with Crippen LogP contribution in [-0.4, -0.2) is 45.3 Å². The van der Waals surface area contributed by atoms with Gasteiger partial charge < -0.3 is 19.7 Å². The third kappa shape index (κ3) is 3.83. The molecule has 2 heterocycles. The number of carbonyl (C=O) groups excluding carboxylic acids is 1. The first-order chi connectivity index (χ1) is 14.9. The van der Waals surface area contributed by atoms with Crippen molar-refractivity contribution >= 4 is 34.9 Å². The second-order valence-electron chi connectivity index (χ2n) is 8.34. The molecule has 31 heavy (non-hydrogen) atoms. The third-order valence-electron chi connectivity index (χ3n) is 5.94. The number of rotatable bonds is 5. The second kappa shape index (κ2) is 7.24. The summed E-state index contributed by atoms with van der Waals surface area (Å²) in [5, 5.41) is 3.08. The van der Waals surface area contributed by atoms with E-state index >= 15 is 4.39 Å². The van der Waals surface area contributed by atoms with E-state index in [9.17, 15) is 4.79 Å². The number of nitrogens with one attached hydrogen (secondary N) is 1. The second-order valence-corrected chi connectivity index (χ2v) is 8.74. The van der Waals surface area contributed by atoms with Gasteiger partial charge >= 0.3 is 6.09 Å². The number of carbonyl (C=O) groups is 1. The fourth-order valence-electron chi connectivity index (χ4n) is 3.77. The molecule has 1 aromatic heterocycles. The van der Waals surface area contributed by atoms with Crippen molar-refractivity contribution in [3.63, 3.8) is 0 Å². The van der Waals surface area contributed by atoms with Crippen LogP contribution in [0.15, 0.2) is 24.5 Å². The third-order valence-corrected chi connectivity index (χ3v) is 6.25. The van der Waals surface area contributed by atoms with Crippen molar-refractivity contribution in [2.45, 2.75) is 43.9 Å². The van der Waals surface area contributed by atoms with Crippen LogP contribution in [0.25, 0.3) is 4.85 Å². The largest absolute Gasteiger partial charge is 0.470 e. The normalized spacial score (nSPS) is 24.7. The maximum absolute atomic E-state index is 15.0. The predicted molar refractivity (Wildman–Crippen MR) is 110 cm³/mol. The van der Waals surface area contributed by atoms with Crippen LogP contribution in [0.1, 0.15) is 26.2 Å². The molecule has 5 rings (SSSR count). The molecule has 3 unspecified atom stereocenters. The molecular formula is C21H19ClFN5O3. The maximum atomic E-state index is 15.0. The minimum Gasteiger partial charge on any atom is -0.470 e. The number of nitrogens with zero attached hydrogens (tertiary/aromatic N) is 4. The molecule has 1 aromatic carbocycles.